The molecular weight excluding hydrogens is 319 g/mol. The number of nitro benzene ring substituents is 1. The lowest BCUT2D eigenvalue weighted by molar-refractivity contribution is -0.384. The van der Waals surface area contributed by atoms with E-state index >= 15 is 0 Å². The van der Waals surface area contributed by atoms with Crippen molar-refractivity contribution < 1.29 is 14.8 Å². The van der Waals surface area contributed by atoms with Crippen LogP contribution in [-0.4, -0.2) is 15.9 Å². The Bertz CT molecular complexity index is 674. The highest BCUT2D eigenvalue weighted by atomic mass is 35.5. The summed E-state index contributed by atoms with van der Waals surface area (Å²) < 4.78 is 0. The second-order valence-corrected chi connectivity index (χ2v) is 4.36. The number of non-ortho nitro benzene ring substituents is 1. The van der Waals surface area contributed by atoms with Gasteiger partial charge in [-0.1, -0.05) is 11.6 Å². The molecule has 0 saturated heterocycles. The number of rotatable bonds is 3. The van der Waals surface area contributed by atoms with Crippen molar-refractivity contribution in [3.05, 3.63) is 63.2 Å². The molecule has 0 saturated carbocycles. The van der Waals surface area contributed by atoms with Crippen LogP contribution >= 0.6 is 24.0 Å². The molecule has 6 nitrogen and oxygen atoms in total. The Hall–Kier alpha value is -2.31. The van der Waals surface area contributed by atoms with Crippen molar-refractivity contribution in [3.63, 3.8) is 0 Å². The SMILES string of the molecule is Cl.O=C(Nc1ccc([N+](=O)[O-])cc1)c1cc(Cl)ccc1O. The number of hydrogen-bond donors (Lipinski definition) is 2. The molecule has 2 aromatic carbocycles. The first-order valence-electron chi connectivity index (χ1n) is 5.51. The predicted octanol–water partition coefficient (Wildman–Crippen LogP) is 3.63. The Morgan fingerprint density at radius 1 is 1.19 bits per heavy atom. The minimum Gasteiger partial charge on any atom is -0.507 e. The van der Waals surface area contributed by atoms with Gasteiger partial charge in [0, 0.05) is 22.8 Å². The molecule has 0 heterocycles. The molecular formula is C13H10Cl2N2O4. The van der Waals surface area contributed by atoms with E-state index in [1.54, 1.807) is 0 Å². The van der Waals surface area contributed by atoms with Crippen LogP contribution in [-0.2, 0) is 0 Å². The number of aromatic hydroxyl groups is 1. The zero-order valence-corrected chi connectivity index (χ0v) is 12.0. The van der Waals surface area contributed by atoms with E-state index in [0.29, 0.717) is 10.7 Å². The summed E-state index contributed by atoms with van der Waals surface area (Å²) >= 11 is 5.75. The fourth-order valence-corrected chi connectivity index (χ4v) is 1.73. The van der Waals surface area contributed by atoms with Crippen molar-refractivity contribution in [2.75, 3.05) is 5.32 Å². The summed E-state index contributed by atoms with van der Waals surface area (Å²) in [5, 5.41) is 22.9. The molecule has 0 unspecified atom stereocenters. The summed E-state index contributed by atoms with van der Waals surface area (Å²) in [4.78, 5) is 21.9. The number of anilines is 1. The molecule has 1 amide bonds. The average Bonchev–Trinajstić information content (AvgIpc) is 2.42. The van der Waals surface area contributed by atoms with Crippen LogP contribution in [0.2, 0.25) is 5.02 Å². The summed E-state index contributed by atoms with van der Waals surface area (Å²) in [6.07, 6.45) is 0. The van der Waals surface area contributed by atoms with Crippen molar-refractivity contribution in [1.82, 2.24) is 0 Å². The van der Waals surface area contributed by atoms with Gasteiger partial charge < -0.3 is 10.4 Å². The molecule has 0 spiro atoms. The average molecular weight is 329 g/mol. The first kappa shape index (κ1) is 16.7. The maximum Gasteiger partial charge on any atom is 0.269 e. The van der Waals surface area contributed by atoms with E-state index in [-0.39, 0.29) is 29.4 Å². The van der Waals surface area contributed by atoms with Crippen molar-refractivity contribution in [3.8, 4) is 5.75 Å². The zero-order chi connectivity index (χ0) is 14.7. The Kier molecular flexibility index (Phi) is 5.52. The van der Waals surface area contributed by atoms with E-state index in [1.807, 2.05) is 0 Å². The molecule has 110 valence electrons. The van der Waals surface area contributed by atoms with Crippen LogP contribution in [0.15, 0.2) is 42.5 Å². The third kappa shape index (κ3) is 4.08. The van der Waals surface area contributed by atoms with Gasteiger partial charge in [0.2, 0.25) is 0 Å². The number of nitrogens with zero attached hydrogens (tertiary/aromatic N) is 1. The molecule has 0 fully saturated rings. The minimum atomic E-state index is -0.557. The number of carbonyl (C=O) groups is 1. The van der Waals surface area contributed by atoms with Crippen LogP contribution in [0.4, 0.5) is 11.4 Å². The zero-order valence-electron chi connectivity index (χ0n) is 10.4. The molecule has 0 bridgehead atoms. The molecule has 21 heavy (non-hydrogen) atoms. The number of carbonyl (C=O) groups excluding carboxylic acids is 1. The van der Waals surface area contributed by atoms with Crippen molar-refractivity contribution in [2.24, 2.45) is 0 Å². The molecule has 0 atom stereocenters. The molecule has 2 aromatic rings. The highest BCUT2D eigenvalue weighted by Gasteiger charge is 2.12. The van der Waals surface area contributed by atoms with Gasteiger partial charge in [0.05, 0.1) is 10.5 Å². The molecule has 0 aliphatic carbocycles. The van der Waals surface area contributed by atoms with E-state index in [9.17, 15) is 20.0 Å². The third-order valence-corrected chi connectivity index (χ3v) is 2.77. The number of hydrogen-bond acceptors (Lipinski definition) is 4. The van der Waals surface area contributed by atoms with Gasteiger partial charge in [-0.15, -0.1) is 12.4 Å². The summed E-state index contributed by atoms with van der Waals surface area (Å²) in [5.74, 6) is -0.757. The van der Waals surface area contributed by atoms with Gasteiger partial charge in [-0.2, -0.15) is 0 Å². The lowest BCUT2D eigenvalue weighted by Crippen LogP contribution is -2.12. The molecule has 2 N–H and O–H groups in total. The second-order valence-electron chi connectivity index (χ2n) is 3.92. The van der Waals surface area contributed by atoms with E-state index in [1.165, 1.54) is 42.5 Å². The van der Waals surface area contributed by atoms with E-state index < -0.39 is 10.8 Å². The highest BCUT2D eigenvalue weighted by molar-refractivity contribution is 6.31. The first-order chi connectivity index (χ1) is 9.47. The minimum absolute atomic E-state index is 0. The van der Waals surface area contributed by atoms with Gasteiger partial charge in [-0.05, 0) is 30.3 Å². The fourth-order valence-electron chi connectivity index (χ4n) is 1.56. The largest absolute Gasteiger partial charge is 0.507 e. The van der Waals surface area contributed by atoms with Gasteiger partial charge in [-0.3, -0.25) is 14.9 Å². The van der Waals surface area contributed by atoms with Crippen LogP contribution in [0.1, 0.15) is 10.4 Å². The van der Waals surface area contributed by atoms with Gasteiger partial charge >= 0.3 is 0 Å². The van der Waals surface area contributed by atoms with Crippen LogP contribution in [0, 0.1) is 10.1 Å². The third-order valence-electron chi connectivity index (χ3n) is 2.54. The normalized spacial score (nSPS) is 9.57. The summed E-state index contributed by atoms with van der Waals surface area (Å²) in [6, 6.07) is 9.44. The van der Waals surface area contributed by atoms with Gasteiger partial charge in [0.15, 0.2) is 0 Å². The molecule has 0 aliphatic heterocycles. The smallest absolute Gasteiger partial charge is 0.269 e. The number of phenols is 1. The maximum atomic E-state index is 11.9. The van der Waals surface area contributed by atoms with Crippen molar-refractivity contribution >= 4 is 41.3 Å². The van der Waals surface area contributed by atoms with Crippen LogP contribution in [0.3, 0.4) is 0 Å². The maximum absolute atomic E-state index is 11.9. The van der Waals surface area contributed by atoms with Crippen LogP contribution < -0.4 is 5.32 Å². The molecule has 0 aliphatic rings. The van der Waals surface area contributed by atoms with E-state index in [4.69, 9.17) is 11.6 Å². The lowest BCUT2D eigenvalue weighted by atomic mass is 10.2. The number of amides is 1. The van der Waals surface area contributed by atoms with Crippen molar-refractivity contribution in [1.29, 1.82) is 0 Å². The quantitative estimate of drug-likeness (QED) is 0.664. The lowest BCUT2D eigenvalue weighted by Gasteiger charge is -2.07. The predicted molar refractivity (Wildman–Crippen MR) is 81.4 cm³/mol. The Morgan fingerprint density at radius 2 is 1.81 bits per heavy atom. The number of phenolic OH excluding ortho intramolecular Hbond substituents is 1. The number of nitro groups is 1. The second kappa shape index (κ2) is 6.92. The Balaban J connectivity index is 0.00000220. The molecule has 0 aromatic heterocycles. The number of benzene rings is 2. The number of halogens is 2. The van der Waals surface area contributed by atoms with E-state index in [2.05, 4.69) is 5.32 Å². The van der Waals surface area contributed by atoms with Gasteiger partial charge in [-0.25, -0.2) is 0 Å². The Labute approximate surface area is 130 Å². The molecule has 8 heteroatoms. The monoisotopic (exact) mass is 328 g/mol. The fraction of sp³-hybridized carbons (Fsp3) is 0. The Morgan fingerprint density at radius 3 is 2.38 bits per heavy atom. The van der Waals surface area contributed by atoms with Gasteiger partial charge in [0.25, 0.3) is 11.6 Å². The highest BCUT2D eigenvalue weighted by Crippen LogP contribution is 2.23. The standard InChI is InChI=1S/C13H9ClN2O4.ClH/c14-8-1-6-12(17)11(7-8)13(18)15-9-2-4-10(5-3-9)16(19)20;/h1-7,17H,(H,15,18);1H. The van der Waals surface area contributed by atoms with E-state index in [0.717, 1.165) is 0 Å². The van der Waals surface area contributed by atoms with Gasteiger partial charge in [0.1, 0.15) is 5.75 Å². The van der Waals surface area contributed by atoms with Crippen LogP contribution in [0.5, 0.6) is 5.75 Å². The molecule has 0 radical (unpaired) electrons. The first-order valence-corrected chi connectivity index (χ1v) is 5.89. The summed E-state index contributed by atoms with van der Waals surface area (Å²) in [7, 11) is 0. The summed E-state index contributed by atoms with van der Waals surface area (Å²) in [6.45, 7) is 0. The van der Waals surface area contributed by atoms with Crippen molar-refractivity contribution in [2.45, 2.75) is 0 Å². The van der Waals surface area contributed by atoms with Crippen LogP contribution in [0.25, 0.3) is 0 Å². The summed E-state index contributed by atoms with van der Waals surface area (Å²) in [5.41, 5.74) is 0.324. The number of nitrogens with one attached hydrogen (secondary N) is 1. The topological polar surface area (TPSA) is 92.5 Å². The molecule has 2 rings (SSSR count).